The van der Waals surface area contributed by atoms with Crippen LogP contribution in [0.2, 0.25) is 0 Å². The second-order valence-electron chi connectivity index (χ2n) is 16.0. The van der Waals surface area contributed by atoms with Crippen molar-refractivity contribution in [2.24, 2.45) is 17.8 Å². The van der Waals surface area contributed by atoms with Crippen LogP contribution in [0.5, 0.6) is 0 Å². The van der Waals surface area contributed by atoms with Crippen LogP contribution in [0.4, 0.5) is 0 Å². The molecule has 0 amide bonds. The number of carbonyl (C=O) groups is 2. The number of rotatable bonds is 36. The van der Waals surface area contributed by atoms with E-state index in [2.05, 4.69) is 20.8 Å². The van der Waals surface area contributed by atoms with Crippen LogP contribution in [-0.2, 0) is 19.1 Å². The molecule has 0 bridgehead atoms. The molecule has 0 aromatic carbocycles. The molecule has 4 nitrogen and oxygen atoms in total. The number of esters is 2. The van der Waals surface area contributed by atoms with Gasteiger partial charge in [0.05, 0.1) is 25.0 Å². The zero-order valence-electron chi connectivity index (χ0n) is 33.5. The fourth-order valence-corrected chi connectivity index (χ4v) is 7.93. The Kier molecular flexibility index (Phi) is 33.2. The lowest BCUT2D eigenvalue weighted by molar-refractivity contribution is -0.165. The summed E-state index contributed by atoms with van der Waals surface area (Å²) in [5.74, 6) is -0.828. The third-order valence-corrected chi connectivity index (χ3v) is 11.3. The number of unbranched alkanes of at least 4 members (excludes halogenated alkanes) is 30. The average Bonchev–Trinajstić information content (AvgIpc) is 3.10. The lowest BCUT2D eigenvalue weighted by Gasteiger charge is -2.33. The van der Waals surface area contributed by atoms with Gasteiger partial charge in [0.25, 0.3) is 0 Å². The van der Waals surface area contributed by atoms with Gasteiger partial charge in [-0.05, 0) is 31.6 Å². The lowest BCUT2D eigenvalue weighted by Crippen LogP contribution is -2.39. The highest BCUT2D eigenvalue weighted by atomic mass is 16.5. The van der Waals surface area contributed by atoms with E-state index in [1.165, 1.54) is 180 Å². The predicted octanol–water partition coefficient (Wildman–Crippen LogP) is 14.6. The van der Waals surface area contributed by atoms with Crippen molar-refractivity contribution in [1.82, 2.24) is 0 Å². The fourth-order valence-electron chi connectivity index (χ4n) is 7.93. The maximum absolute atomic E-state index is 13.1. The summed E-state index contributed by atoms with van der Waals surface area (Å²) >= 11 is 0. The Labute approximate surface area is 306 Å². The van der Waals surface area contributed by atoms with Gasteiger partial charge in [0, 0.05) is 0 Å². The van der Waals surface area contributed by atoms with Gasteiger partial charge >= 0.3 is 11.9 Å². The Morgan fingerprint density at radius 2 is 0.694 bits per heavy atom. The minimum atomic E-state index is -0.340. The van der Waals surface area contributed by atoms with Gasteiger partial charge in [-0.2, -0.15) is 0 Å². The van der Waals surface area contributed by atoms with Gasteiger partial charge in [-0.3, -0.25) is 9.59 Å². The van der Waals surface area contributed by atoms with E-state index in [9.17, 15) is 9.59 Å². The SMILES string of the molecule is CCCCCCCCCCCCCCCCCCOC(=O)C1CCCC(C)C1C(=O)OCCCCCCCCCCCCCCCCCC. The van der Waals surface area contributed by atoms with Gasteiger partial charge in [0.15, 0.2) is 0 Å². The van der Waals surface area contributed by atoms with Crippen LogP contribution in [-0.4, -0.2) is 25.2 Å². The molecule has 4 heteroatoms. The maximum atomic E-state index is 13.1. The van der Waals surface area contributed by atoms with Crippen LogP contribution in [0.25, 0.3) is 0 Å². The molecule has 49 heavy (non-hydrogen) atoms. The van der Waals surface area contributed by atoms with Crippen molar-refractivity contribution >= 4 is 11.9 Å². The van der Waals surface area contributed by atoms with Gasteiger partial charge in [-0.25, -0.2) is 0 Å². The van der Waals surface area contributed by atoms with Crippen molar-refractivity contribution in [3.63, 3.8) is 0 Å². The van der Waals surface area contributed by atoms with E-state index < -0.39 is 0 Å². The largest absolute Gasteiger partial charge is 0.465 e. The van der Waals surface area contributed by atoms with Crippen molar-refractivity contribution in [1.29, 1.82) is 0 Å². The molecule has 1 aliphatic rings. The molecule has 0 aromatic rings. The Hall–Kier alpha value is -1.06. The molecule has 0 aromatic heterocycles. The first-order valence-electron chi connectivity index (χ1n) is 22.4. The second kappa shape index (κ2) is 35.3. The summed E-state index contributed by atoms with van der Waals surface area (Å²) in [7, 11) is 0. The summed E-state index contributed by atoms with van der Waals surface area (Å²) in [5, 5.41) is 0. The first-order chi connectivity index (χ1) is 24.1. The second-order valence-corrected chi connectivity index (χ2v) is 16.0. The first kappa shape index (κ1) is 46.0. The minimum absolute atomic E-state index is 0.169. The van der Waals surface area contributed by atoms with E-state index in [1.54, 1.807) is 0 Å². The molecule has 0 heterocycles. The summed E-state index contributed by atoms with van der Waals surface area (Å²) in [6, 6.07) is 0. The monoisotopic (exact) mass is 691 g/mol. The van der Waals surface area contributed by atoms with E-state index in [4.69, 9.17) is 9.47 Å². The third-order valence-electron chi connectivity index (χ3n) is 11.3. The fraction of sp³-hybridized carbons (Fsp3) is 0.956. The zero-order valence-corrected chi connectivity index (χ0v) is 33.5. The van der Waals surface area contributed by atoms with Crippen LogP contribution in [0, 0.1) is 17.8 Å². The van der Waals surface area contributed by atoms with Crippen LogP contribution in [0.3, 0.4) is 0 Å². The quantitative estimate of drug-likeness (QED) is 0.0485. The van der Waals surface area contributed by atoms with E-state index >= 15 is 0 Å². The molecule has 1 saturated carbocycles. The smallest absolute Gasteiger partial charge is 0.310 e. The topological polar surface area (TPSA) is 52.6 Å². The van der Waals surface area contributed by atoms with Crippen LogP contribution in [0.1, 0.15) is 245 Å². The Bertz CT molecular complexity index is 721. The Morgan fingerprint density at radius 1 is 0.408 bits per heavy atom. The highest BCUT2D eigenvalue weighted by Gasteiger charge is 2.42. The van der Waals surface area contributed by atoms with Crippen molar-refractivity contribution in [2.75, 3.05) is 13.2 Å². The maximum Gasteiger partial charge on any atom is 0.310 e. The molecule has 0 spiro atoms. The first-order valence-corrected chi connectivity index (χ1v) is 22.4. The molecular formula is C45H86O4. The number of ether oxygens (including phenoxy) is 2. The summed E-state index contributed by atoms with van der Waals surface area (Å²) in [5.41, 5.74) is 0. The molecule has 3 atom stereocenters. The zero-order chi connectivity index (χ0) is 35.5. The van der Waals surface area contributed by atoms with Gasteiger partial charge in [-0.15, -0.1) is 0 Å². The van der Waals surface area contributed by atoms with Crippen molar-refractivity contribution in [2.45, 2.75) is 245 Å². The highest BCUT2D eigenvalue weighted by molar-refractivity contribution is 5.82. The number of carbonyl (C=O) groups excluding carboxylic acids is 2. The van der Waals surface area contributed by atoms with Gasteiger partial charge in [0.2, 0.25) is 0 Å². The molecule has 3 unspecified atom stereocenters. The molecule has 290 valence electrons. The summed E-state index contributed by atoms with van der Waals surface area (Å²) in [6.45, 7) is 7.65. The molecule has 1 rings (SSSR count). The normalized spacial score (nSPS) is 17.7. The Morgan fingerprint density at radius 3 is 1.02 bits per heavy atom. The van der Waals surface area contributed by atoms with Crippen molar-refractivity contribution in [3.8, 4) is 0 Å². The predicted molar refractivity (Wildman–Crippen MR) is 211 cm³/mol. The van der Waals surface area contributed by atoms with Crippen molar-refractivity contribution < 1.29 is 19.1 Å². The summed E-state index contributed by atoms with van der Waals surface area (Å²) in [4.78, 5) is 26.1. The minimum Gasteiger partial charge on any atom is -0.465 e. The van der Waals surface area contributed by atoms with Crippen LogP contribution >= 0.6 is 0 Å². The van der Waals surface area contributed by atoms with Gasteiger partial charge in [0.1, 0.15) is 0 Å². The lowest BCUT2D eigenvalue weighted by atomic mass is 9.73. The summed E-state index contributed by atoms with van der Waals surface area (Å²) < 4.78 is 11.5. The van der Waals surface area contributed by atoms with Crippen LogP contribution < -0.4 is 0 Å². The molecular weight excluding hydrogens is 604 g/mol. The van der Waals surface area contributed by atoms with Gasteiger partial charge in [-0.1, -0.05) is 220 Å². The third kappa shape index (κ3) is 27.3. The average molecular weight is 691 g/mol. The van der Waals surface area contributed by atoms with E-state index in [1.807, 2.05) is 0 Å². The number of hydrogen-bond acceptors (Lipinski definition) is 4. The van der Waals surface area contributed by atoms with Crippen LogP contribution in [0.15, 0.2) is 0 Å². The number of hydrogen-bond donors (Lipinski definition) is 0. The standard InChI is InChI=1S/C45H86O4/c1-4-6-8-10-12-14-16-18-20-22-24-26-28-30-32-34-39-48-44(46)42-38-36-37-41(3)43(42)45(47)49-40-35-33-31-29-27-25-23-21-19-17-15-13-11-9-7-5-2/h41-43H,4-40H2,1-3H3. The highest BCUT2D eigenvalue weighted by Crippen LogP contribution is 2.36. The molecule has 1 fully saturated rings. The van der Waals surface area contributed by atoms with Crippen molar-refractivity contribution in [3.05, 3.63) is 0 Å². The molecule has 1 aliphatic carbocycles. The Balaban J connectivity index is 2.00. The van der Waals surface area contributed by atoms with E-state index in [0.717, 1.165) is 44.9 Å². The molecule has 0 radical (unpaired) electrons. The molecule has 0 N–H and O–H groups in total. The summed E-state index contributed by atoms with van der Waals surface area (Å²) in [6.07, 6.45) is 45.4. The molecule has 0 aliphatic heterocycles. The van der Waals surface area contributed by atoms with E-state index in [0.29, 0.717) is 13.2 Å². The van der Waals surface area contributed by atoms with Gasteiger partial charge < -0.3 is 9.47 Å². The molecule has 0 saturated heterocycles. The van der Waals surface area contributed by atoms with E-state index in [-0.39, 0.29) is 29.7 Å².